The molecule has 1 radical (unpaired) electrons. The molecule has 3 aliphatic heterocycles. The van der Waals surface area contributed by atoms with Gasteiger partial charge in [0.2, 0.25) is 11.8 Å². The van der Waals surface area contributed by atoms with E-state index in [1.165, 1.54) is 23.8 Å². The topological polar surface area (TPSA) is 138 Å². The number of anilines is 1. The number of nitrogens with one attached hydrogen (secondary N) is 1. The van der Waals surface area contributed by atoms with Crippen molar-refractivity contribution in [3.63, 3.8) is 0 Å². The molecule has 3 amide bonds. The van der Waals surface area contributed by atoms with Crippen LogP contribution in [0.2, 0.25) is 0 Å². The average Bonchev–Trinajstić information content (AvgIpc) is 3.65. The number of likely N-dealkylation sites (N-methyl/N-ethyl adjacent to an activating group) is 1. The molecule has 8 unspecified atom stereocenters. The molecule has 4 bridgehead atoms. The van der Waals surface area contributed by atoms with Gasteiger partial charge in [-0.05, 0) is 27.2 Å². The van der Waals surface area contributed by atoms with Crippen molar-refractivity contribution in [2.24, 2.45) is 11.8 Å². The van der Waals surface area contributed by atoms with Gasteiger partial charge in [0.05, 0.1) is 12.5 Å². The van der Waals surface area contributed by atoms with Gasteiger partial charge in [-0.3, -0.25) is 14.9 Å². The zero-order chi connectivity index (χ0) is 33.4. The minimum atomic E-state index is -1.57. The molecular weight excluding hydrogens is 667 g/mol. The van der Waals surface area contributed by atoms with Gasteiger partial charge in [0, 0.05) is 72.0 Å². The van der Waals surface area contributed by atoms with Gasteiger partial charge in [-0.1, -0.05) is 50.3 Å². The molecule has 3 aliphatic rings. The molecule has 46 heavy (non-hydrogen) atoms. The summed E-state index contributed by atoms with van der Waals surface area (Å²) in [5, 5.41) is 14.1. The van der Waals surface area contributed by atoms with E-state index in [1.54, 1.807) is 20.9 Å². The van der Waals surface area contributed by atoms with Crippen LogP contribution in [-0.4, -0.2) is 83.7 Å². The monoisotopic (exact) mass is 713 g/mol. The fraction of sp³-hybridized carbons (Fsp3) is 0.588. The number of hydrogen-bond donors (Lipinski definition) is 2. The van der Waals surface area contributed by atoms with Crippen LogP contribution in [0.15, 0.2) is 35.9 Å². The number of epoxide rings is 1. The zero-order valence-electron chi connectivity index (χ0n) is 28.2. The van der Waals surface area contributed by atoms with Crippen LogP contribution in [0.3, 0.4) is 0 Å². The van der Waals surface area contributed by atoms with Crippen LogP contribution in [0.4, 0.5) is 10.5 Å². The van der Waals surface area contributed by atoms with Gasteiger partial charge in [-0.2, -0.15) is 23.3 Å². The average molecular weight is 714 g/mol. The molecule has 249 valence electrons. The summed E-state index contributed by atoms with van der Waals surface area (Å²) in [6.07, 6.45) is 3.14. The molecule has 2 saturated heterocycles. The molecule has 2 N–H and O–H groups in total. The molecule has 2 fully saturated rings. The normalized spacial score (nSPS) is 33.9. The van der Waals surface area contributed by atoms with Crippen molar-refractivity contribution in [3.8, 4) is 0 Å². The van der Waals surface area contributed by atoms with Crippen LogP contribution in [0.1, 0.15) is 65.5 Å². The third-order valence-corrected chi connectivity index (χ3v) is 9.52. The number of ether oxygens (including phenoxy) is 3. The smallest absolute Gasteiger partial charge is 0.409 e. The van der Waals surface area contributed by atoms with Gasteiger partial charge in [0.25, 0.3) is 0 Å². The van der Waals surface area contributed by atoms with Gasteiger partial charge in [0.15, 0.2) is 0 Å². The van der Waals surface area contributed by atoms with E-state index in [2.05, 4.69) is 11.4 Å². The standard InChI is InChI=1S/C34H46N3O8.Y/c1-19-11-10-12-21(3)34(42)18-27(43-32(41)35-34)22(4)30-33(7,45-30)28(44-31(40)23(5)36(8)24(6)38)17-29(39)37(9)26-15-20(2)14-25(13-19)16-26;/h10-12,14,16,21-23,27-28,30,42H,13,17-18H2,1-9H3,(H,35,41);/q-1;/b12-10+,19-11+;. The predicted octanol–water partition coefficient (Wildman–Crippen LogP) is 3.60. The summed E-state index contributed by atoms with van der Waals surface area (Å²) in [6.45, 7) is 12.3. The number of benzene rings is 1. The Labute approximate surface area is 296 Å². The molecule has 0 aromatic heterocycles. The van der Waals surface area contributed by atoms with Crippen LogP contribution in [0, 0.1) is 24.8 Å². The van der Waals surface area contributed by atoms with Crippen LogP contribution >= 0.6 is 0 Å². The number of esters is 1. The molecule has 1 aromatic carbocycles. The van der Waals surface area contributed by atoms with Gasteiger partial charge in [0.1, 0.15) is 29.6 Å². The fourth-order valence-corrected chi connectivity index (χ4v) is 6.10. The van der Waals surface area contributed by atoms with Crippen molar-refractivity contribution in [1.82, 2.24) is 10.2 Å². The number of carbonyl (C=O) groups excluding carboxylic acids is 4. The van der Waals surface area contributed by atoms with E-state index in [0.717, 1.165) is 16.7 Å². The minimum absolute atomic E-state index is 0. The summed E-state index contributed by atoms with van der Waals surface area (Å²) in [4.78, 5) is 54.4. The summed E-state index contributed by atoms with van der Waals surface area (Å²) in [5.41, 5.74) is 0.818. The summed E-state index contributed by atoms with van der Waals surface area (Å²) in [7, 11) is 3.16. The summed E-state index contributed by atoms with van der Waals surface area (Å²) in [5.74, 6) is -2.17. The maximum Gasteiger partial charge on any atom is 0.409 e. The van der Waals surface area contributed by atoms with Crippen LogP contribution in [0.5, 0.6) is 0 Å². The van der Waals surface area contributed by atoms with Crippen LogP contribution in [0.25, 0.3) is 0 Å². The number of amides is 3. The maximum absolute atomic E-state index is 13.8. The molecule has 0 saturated carbocycles. The minimum Gasteiger partial charge on any atom is -0.457 e. The second-order valence-electron chi connectivity index (χ2n) is 13.1. The Morgan fingerprint density at radius 3 is 2.57 bits per heavy atom. The Hall–Kier alpha value is -2.60. The van der Waals surface area contributed by atoms with Crippen molar-refractivity contribution < 1.29 is 71.2 Å². The molecular formula is C34H46N3O8Y-. The molecule has 12 heteroatoms. The summed E-state index contributed by atoms with van der Waals surface area (Å²) >= 11 is 0. The Bertz CT molecular complexity index is 1410. The van der Waals surface area contributed by atoms with Crippen LogP contribution < -0.4 is 10.2 Å². The van der Waals surface area contributed by atoms with E-state index >= 15 is 0 Å². The van der Waals surface area contributed by atoms with Crippen molar-refractivity contribution in [1.29, 1.82) is 0 Å². The molecule has 1 aromatic rings. The first-order valence-corrected chi connectivity index (χ1v) is 15.4. The number of rotatable bonds is 3. The predicted molar refractivity (Wildman–Crippen MR) is 167 cm³/mol. The molecule has 3 heterocycles. The van der Waals surface area contributed by atoms with E-state index in [-0.39, 0.29) is 57.4 Å². The third kappa shape index (κ3) is 8.27. The summed E-state index contributed by atoms with van der Waals surface area (Å²) < 4.78 is 17.8. The Balaban J connectivity index is 0.00000576. The Morgan fingerprint density at radius 2 is 1.91 bits per heavy atom. The largest absolute Gasteiger partial charge is 0.457 e. The number of fused-ring (bicyclic) bond motifs is 5. The number of carbonyl (C=O) groups is 4. The third-order valence-electron chi connectivity index (χ3n) is 9.52. The maximum atomic E-state index is 13.8. The first-order valence-electron chi connectivity index (χ1n) is 15.4. The van der Waals surface area contributed by atoms with Crippen molar-refractivity contribution >= 4 is 29.6 Å². The molecule has 8 atom stereocenters. The number of aliphatic hydroxyl groups is 1. The van der Waals surface area contributed by atoms with E-state index in [4.69, 9.17) is 14.2 Å². The number of hydrogen-bond acceptors (Lipinski definition) is 8. The number of allylic oxidation sites excluding steroid dienone is 3. The zero-order valence-corrected chi connectivity index (χ0v) is 31.1. The van der Waals surface area contributed by atoms with Gasteiger partial charge in [-0.15, -0.1) is 6.07 Å². The Kier molecular flexibility index (Phi) is 12.1. The SMILES string of the molecule is CC(=O)N(C)C(C)C(=O)OC1CC(=O)N(C)c2[c-]c(C)cc(c2)C/C(C)=C/C=C/C(C)C2(O)CC(OC(=O)N2)C(C)C2OC12C.[Y]. The van der Waals surface area contributed by atoms with E-state index in [0.29, 0.717) is 12.1 Å². The second-order valence-corrected chi connectivity index (χ2v) is 13.1. The summed E-state index contributed by atoms with van der Waals surface area (Å²) in [6, 6.07) is 6.28. The second kappa shape index (κ2) is 14.7. The molecule has 11 nitrogen and oxygen atoms in total. The first kappa shape index (κ1) is 37.9. The molecule has 0 aliphatic carbocycles. The van der Waals surface area contributed by atoms with Crippen LogP contribution in [-0.2, 0) is 67.7 Å². The Morgan fingerprint density at radius 1 is 1.24 bits per heavy atom. The van der Waals surface area contributed by atoms with Crippen molar-refractivity contribution in [2.75, 3.05) is 19.0 Å². The van der Waals surface area contributed by atoms with Gasteiger partial charge in [-0.25, -0.2) is 9.59 Å². The van der Waals surface area contributed by atoms with Crippen molar-refractivity contribution in [2.45, 2.75) is 103 Å². The fourth-order valence-electron chi connectivity index (χ4n) is 6.10. The molecule has 4 rings (SSSR count). The molecule has 0 spiro atoms. The number of aryl methyl sites for hydroxylation is 1. The first-order chi connectivity index (χ1) is 20.9. The van der Waals surface area contributed by atoms with Crippen molar-refractivity contribution in [3.05, 3.63) is 53.1 Å². The van der Waals surface area contributed by atoms with Gasteiger partial charge < -0.3 is 29.1 Å². The number of nitrogens with zero attached hydrogens (tertiary/aromatic N) is 2. The van der Waals surface area contributed by atoms with E-state index < -0.39 is 59.6 Å². The van der Waals surface area contributed by atoms with E-state index in [9.17, 15) is 24.3 Å². The van der Waals surface area contributed by atoms with Gasteiger partial charge >= 0.3 is 12.1 Å². The van der Waals surface area contributed by atoms with E-state index in [1.807, 2.05) is 58.1 Å². The number of alkyl carbamates (subject to hydrolysis) is 1. The quantitative estimate of drug-likeness (QED) is 0.276.